The summed E-state index contributed by atoms with van der Waals surface area (Å²) in [6.07, 6.45) is 4.84. The summed E-state index contributed by atoms with van der Waals surface area (Å²) in [5.74, 6) is 0.434. The van der Waals surface area contributed by atoms with Gasteiger partial charge in [-0.3, -0.25) is 14.2 Å². The van der Waals surface area contributed by atoms with Crippen LogP contribution in [0.1, 0.15) is 30.5 Å². The van der Waals surface area contributed by atoms with E-state index in [9.17, 15) is 14.4 Å². The first-order chi connectivity index (χ1) is 12.4. The fourth-order valence-electron chi connectivity index (χ4n) is 2.59. The van der Waals surface area contributed by atoms with E-state index in [4.69, 9.17) is 4.74 Å². The van der Waals surface area contributed by atoms with E-state index in [0.29, 0.717) is 6.42 Å². The lowest BCUT2D eigenvalue weighted by atomic mass is 10.0. The summed E-state index contributed by atoms with van der Waals surface area (Å²) in [7, 11) is 4.55. The summed E-state index contributed by atoms with van der Waals surface area (Å²) in [6.45, 7) is 1.97. The largest absolute Gasteiger partial charge is 0.497 e. The minimum absolute atomic E-state index is 0.152. The number of rotatable bonds is 6. The number of aryl methyl sites for hydroxylation is 1. The molecule has 7 heteroatoms. The van der Waals surface area contributed by atoms with Crippen LogP contribution in [0.3, 0.4) is 0 Å². The molecular formula is C19H23N3O4. The lowest BCUT2D eigenvalue weighted by Gasteiger charge is -2.16. The third-order valence-electron chi connectivity index (χ3n) is 4.13. The van der Waals surface area contributed by atoms with E-state index in [1.165, 1.54) is 30.0 Å². The van der Waals surface area contributed by atoms with Crippen LogP contribution in [0.2, 0.25) is 0 Å². The van der Waals surface area contributed by atoms with Gasteiger partial charge in [0.1, 0.15) is 5.75 Å². The molecule has 0 aliphatic carbocycles. The van der Waals surface area contributed by atoms with Gasteiger partial charge in [0, 0.05) is 26.4 Å². The first-order valence-electron chi connectivity index (χ1n) is 8.26. The Morgan fingerprint density at radius 1 is 1.23 bits per heavy atom. The fraction of sp³-hybridized carbons (Fsp3) is 0.316. The van der Waals surface area contributed by atoms with Gasteiger partial charge in [-0.05, 0) is 30.2 Å². The van der Waals surface area contributed by atoms with Crippen molar-refractivity contribution >= 4 is 12.0 Å². The molecule has 0 bridgehead atoms. The molecule has 1 atom stereocenters. The van der Waals surface area contributed by atoms with E-state index in [1.807, 2.05) is 31.2 Å². The number of aromatic nitrogens is 2. The maximum Gasteiger partial charge on any atom is 0.330 e. The van der Waals surface area contributed by atoms with E-state index in [1.54, 1.807) is 14.2 Å². The molecule has 26 heavy (non-hydrogen) atoms. The Kier molecular flexibility index (Phi) is 6.16. The first kappa shape index (κ1) is 19.2. The molecule has 0 fully saturated rings. The average Bonchev–Trinajstić information content (AvgIpc) is 2.66. The lowest BCUT2D eigenvalue weighted by Crippen LogP contribution is -2.37. The maximum absolute atomic E-state index is 12.2. The smallest absolute Gasteiger partial charge is 0.330 e. The number of methoxy groups -OCH3 is 1. The maximum atomic E-state index is 12.2. The zero-order chi connectivity index (χ0) is 19.3. The quantitative estimate of drug-likeness (QED) is 0.792. The number of nitrogens with zero attached hydrogens (tertiary/aromatic N) is 2. The lowest BCUT2D eigenvalue weighted by molar-refractivity contribution is -0.117. The topological polar surface area (TPSA) is 82.3 Å². The number of amides is 1. The van der Waals surface area contributed by atoms with Crippen LogP contribution in [-0.4, -0.2) is 22.2 Å². The van der Waals surface area contributed by atoms with Gasteiger partial charge in [0.2, 0.25) is 5.91 Å². The third-order valence-corrected chi connectivity index (χ3v) is 4.13. The second kappa shape index (κ2) is 8.33. The second-order valence-corrected chi connectivity index (χ2v) is 5.92. The zero-order valence-electron chi connectivity index (χ0n) is 15.4. The van der Waals surface area contributed by atoms with Crippen LogP contribution < -0.4 is 21.3 Å². The summed E-state index contributed by atoms with van der Waals surface area (Å²) in [4.78, 5) is 36.0. The molecule has 1 amide bonds. The van der Waals surface area contributed by atoms with Gasteiger partial charge in [-0.2, -0.15) is 0 Å². The molecule has 138 valence electrons. The third kappa shape index (κ3) is 4.30. The molecule has 2 aromatic rings. The summed E-state index contributed by atoms with van der Waals surface area (Å²) >= 11 is 0. The van der Waals surface area contributed by atoms with Gasteiger partial charge in [0.25, 0.3) is 5.56 Å². The second-order valence-electron chi connectivity index (χ2n) is 5.92. The Bertz CT molecular complexity index is 923. The average molecular weight is 357 g/mol. The monoisotopic (exact) mass is 357 g/mol. The van der Waals surface area contributed by atoms with Crippen molar-refractivity contribution in [2.45, 2.75) is 19.4 Å². The molecule has 0 aliphatic heterocycles. The molecule has 2 rings (SSSR count). The van der Waals surface area contributed by atoms with Crippen molar-refractivity contribution in [1.29, 1.82) is 0 Å². The molecule has 1 unspecified atom stereocenters. The number of nitrogens with one attached hydrogen (secondary N) is 1. The van der Waals surface area contributed by atoms with Gasteiger partial charge >= 0.3 is 5.69 Å². The molecule has 1 aromatic heterocycles. The highest BCUT2D eigenvalue weighted by Gasteiger charge is 2.11. The molecule has 0 radical (unpaired) electrons. The Morgan fingerprint density at radius 2 is 1.88 bits per heavy atom. The molecular weight excluding hydrogens is 334 g/mol. The number of carbonyl (C=O) groups excluding carboxylic acids is 1. The molecule has 0 spiro atoms. The Morgan fingerprint density at radius 3 is 2.46 bits per heavy atom. The van der Waals surface area contributed by atoms with E-state index in [-0.39, 0.29) is 17.5 Å². The van der Waals surface area contributed by atoms with Crippen molar-refractivity contribution < 1.29 is 9.53 Å². The first-order valence-corrected chi connectivity index (χ1v) is 8.26. The van der Waals surface area contributed by atoms with Gasteiger partial charge in [-0.25, -0.2) is 4.79 Å². The Labute approximate surface area is 151 Å². The fourth-order valence-corrected chi connectivity index (χ4v) is 2.59. The molecule has 0 saturated heterocycles. The highest BCUT2D eigenvalue weighted by molar-refractivity contribution is 5.91. The van der Waals surface area contributed by atoms with E-state index in [2.05, 4.69) is 5.32 Å². The van der Waals surface area contributed by atoms with Crippen molar-refractivity contribution in [3.8, 4) is 5.75 Å². The normalized spacial score (nSPS) is 12.2. The van der Waals surface area contributed by atoms with Crippen molar-refractivity contribution in [2.75, 3.05) is 7.11 Å². The van der Waals surface area contributed by atoms with Gasteiger partial charge in [-0.15, -0.1) is 0 Å². The predicted octanol–water partition coefficient (Wildman–Crippen LogP) is 1.37. The van der Waals surface area contributed by atoms with Crippen molar-refractivity contribution in [3.63, 3.8) is 0 Å². The number of hydrogen-bond donors (Lipinski definition) is 1. The summed E-state index contributed by atoms with van der Waals surface area (Å²) in [6, 6.07) is 7.34. The number of ether oxygens (including phenoxy) is 1. The predicted molar refractivity (Wildman–Crippen MR) is 100 cm³/mol. The molecule has 0 saturated carbocycles. The van der Waals surface area contributed by atoms with Crippen molar-refractivity contribution in [3.05, 3.63) is 68.5 Å². The van der Waals surface area contributed by atoms with Crippen LogP contribution in [0.15, 0.2) is 46.1 Å². The van der Waals surface area contributed by atoms with Crippen molar-refractivity contribution in [1.82, 2.24) is 14.5 Å². The molecule has 1 N–H and O–H groups in total. The number of carbonyl (C=O) groups is 1. The van der Waals surface area contributed by atoms with E-state index < -0.39 is 11.2 Å². The Hall–Kier alpha value is -3.09. The SMILES string of the molecule is CCC(NC(=O)/C=C/c1cn(C)c(=O)n(C)c1=O)c1ccc(OC)cc1. The minimum Gasteiger partial charge on any atom is -0.497 e. The van der Waals surface area contributed by atoms with Crippen LogP contribution in [0.4, 0.5) is 0 Å². The van der Waals surface area contributed by atoms with Crippen LogP contribution in [0.25, 0.3) is 6.08 Å². The van der Waals surface area contributed by atoms with Crippen LogP contribution in [0, 0.1) is 0 Å². The van der Waals surface area contributed by atoms with Gasteiger partial charge in [0.15, 0.2) is 0 Å². The standard InChI is InChI=1S/C19H23N3O4/c1-5-16(13-6-9-15(26-4)10-7-13)20-17(23)11-8-14-12-21(2)19(25)22(3)18(14)24/h6-12,16H,5H2,1-4H3,(H,20,23)/b11-8+. The summed E-state index contributed by atoms with van der Waals surface area (Å²) < 4.78 is 7.44. The zero-order valence-corrected chi connectivity index (χ0v) is 15.4. The van der Waals surface area contributed by atoms with Crippen LogP contribution >= 0.6 is 0 Å². The van der Waals surface area contributed by atoms with Crippen LogP contribution in [-0.2, 0) is 18.9 Å². The summed E-state index contributed by atoms with van der Waals surface area (Å²) in [5.41, 5.74) is 0.372. The van der Waals surface area contributed by atoms with Gasteiger partial charge in [-0.1, -0.05) is 19.1 Å². The highest BCUT2D eigenvalue weighted by atomic mass is 16.5. The molecule has 0 aliphatic rings. The van der Waals surface area contributed by atoms with E-state index >= 15 is 0 Å². The molecule has 1 aromatic carbocycles. The molecule has 7 nitrogen and oxygen atoms in total. The van der Waals surface area contributed by atoms with E-state index in [0.717, 1.165) is 15.9 Å². The van der Waals surface area contributed by atoms with Gasteiger partial charge in [0.05, 0.1) is 18.7 Å². The van der Waals surface area contributed by atoms with Gasteiger partial charge < -0.3 is 14.6 Å². The van der Waals surface area contributed by atoms with Crippen LogP contribution in [0.5, 0.6) is 5.75 Å². The number of hydrogen-bond acceptors (Lipinski definition) is 4. The minimum atomic E-state index is -0.445. The highest BCUT2D eigenvalue weighted by Crippen LogP contribution is 2.20. The molecule has 1 heterocycles. The number of benzene rings is 1. The Balaban J connectivity index is 2.15. The summed E-state index contributed by atoms with van der Waals surface area (Å²) in [5, 5.41) is 2.91. The van der Waals surface area contributed by atoms with Crippen molar-refractivity contribution in [2.24, 2.45) is 14.1 Å².